The highest BCUT2D eigenvalue weighted by atomic mass is 16.3. The van der Waals surface area contributed by atoms with Crippen LogP contribution < -0.4 is 11.1 Å². The molecule has 0 heterocycles. The molecule has 0 aromatic rings. The first-order valence-electron chi connectivity index (χ1n) is 5.64. The minimum absolute atomic E-state index is 0.0593. The van der Waals surface area contributed by atoms with E-state index in [1.165, 1.54) is 0 Å². The lowest BCUT2D eigenvalue weighted by Gasteiger charge is -2.26. The molecule has 0 atom stereocenters. The number of amides is 1. The van der Waals surface area contributed by atoms with Gasteiger partial charge in [0.25, 0.3) is 0 Å². The van der Waals surface area contributed by atoms with Crippen molar-refractivity contribution < 1.29 is 9.90 Å². The Kier molecular flexibility index (Phi) is 4.11. The molecule has 1 aliphatic carbocycles. The van der Waals surface area contributed by atoms with E-state index < -0.39 is 5.60 Å². The standard InChI is InChI=1S/C11H22N2O2/c1-11(2,15)7-13-10(14)8-3-5-9(12)6-4-8/h8-9,15H,3-7,12H2,1-2H3,(H,13,14). The molecule has 0 aromatic heterocycles. The molecule has 0 aromatic carbocycles. The van der Waals surface area contributed by atoms with Gasteiger partial charge in [-0.1, -0.05) is 0 Å². The zero-order valence-corrected chi connectivity index (χ0v) is 9.62. The van der Waals surface area contributed by atoms with Crippen molar-refractivity contribution in [2.24, 2.45) is 11.7 Å². The van der Waals surface area contributed by atoms with E-state index in [1.807, 2.05) is 0 Å². The van der Waals surface area contributed by atoms with Gasteiger partial charge in [0.15, 0.2) is 0 Å². The zero-order chi connectivity index (χ0) is 11.5. The van der Waals surface area contributed by atoms with Gasteiger partial charge in [0.05, 0.1) is 5.60 Å². The van der Waals surface area contributed by atoms with Gasteiger partial charge in [-0.25, -0.2) is 0 Å². The molecule has 1 saturated carbocycles. The number of nitrogens with two attached hydrogens (primary N) is 1. The lowest BCUT2D eigenvalue weighted by molar-refractivity contribution is -0.127. The minimum Gasteiger partial charge on any atom is -0.389 e. The third kappa shape index (κ3) is 4.62. The second-order valence-electron chi connectivity index (χ2n) is 5.14. The molecule has 0 aliphatic heterocycles. The molecule has 0 radical (unpaired) electrons. The lowest BCUT2D eigenvalue weighted by Crippen LogP contribution is -2.42. The maximum Gasteiger partial charge on any atom is 0.223 e. The molecule has 88 valence electrons. The molecule has 1 amide bonds. The third-order valence-corrected chi connectivity index (χ3v) is 2.84. The highest BCUT2D eigenvalue weighted by molar-refractivity contribution is 5.78. The van der Waals surface area contributed by atoms with Crippen molar-refractivity contribution in [3.63, 3.8) is 0 Å². The monoisotopic (exact) mass is 214 g/mol. The average molecular weight is 214 g/mol. The Labute approximate surface area is 91.2 Å². The molecule has 1 rings (SSSR count). The van der Waals surface area contributed by atoms with Crippen molar-refractivity contribution in [3.05, 3.63) is 0 Å². The molecule has 1 aliphatic rings. The van der Waals surface area contributed by atoms with E-state index in [0.717, 1.165) is 25.7 Å². The Balaban J connectivity index is 2.29. The summed E-state index contributed by atoms with van der Waals surface area (Å²) < 4.78 is 0. The Morgan fingerprint density at radius 2 is 1.93 bits per heavy atom. The highest BCUT2D eigenvalue weighted by Gasteiger charge is 2.25. The van der Waals surface area contributed by atoms with Crippen LogP contribution in [0.1, 0.15) is 39.5 Å². The molecule has 0 saturated heterocycles. The summed E-state index contributed by atoms with van der Waals surface area (Å²) in [5.41, 5.74) is 4.94. The zero-order valence-electron chi connectivity index (χ0n) is 9.62. The van der Waals surface area contributed by atoms with Crippen LogP contribution in [0.2, 0.25) is 0 Å². The number of nitrogens with one attached hydrogen (secondary N) is 1. The fraction of sp³-hybridized carbons (Fsp3) is 0.909. The van der Waals surface area contributed by atoms with Crippen LogP contribution in [0.4, 0.5) is 0 Å². The van der Waals surface area contributed by atoms with Gasteiger partial charge in [0, 0.05) is 18.5 Å². The smallest absolute Gasteiger partial charge is 0.223 e. The third-order valence-electron chi connectivity index (χ3n) is 2.84. The predicted octanol–water partition coefficient (Wildman–Crippen LogP) is 0.391. The number of hydrogen-bond acceptors (Lipinski definition) is 3. The fourth-order valence-electron chi connectivity index (χ4n) is 1.83. The van der Waals surface area contributed by atoms with Crippen molar-refractivity contribution in [3.8, 4) is 0 Å². The normalized spacial score (nSPS) is 27.5. The van der Waals surface area contributed by atoms with Crippen molar-refractivity contribution in [1.29, 1.82) is 0 Å². The summed E-state index contributed by atoms with van der Waals surface area (Å²) in [5.74, 6) is 0.149. The van der Waals surface area contributed by atoms with Crippen LogP contribution in [0.15, 0.2) is 0 Å². The van der Waals surface area contributed by atoms with Gasteiger partial charge in [0.1, 0.15) is 0 Å². The molecule has 4 heteroatoms. The molecule has 0 bridgehead atoms. The topological polar surface area (TPSA) is 75.3 Å². The molecule has 4 N–H and O–H groups in total. The van der Waals surface area contributed by atoms with Gasteiger partial charge in [0.2, 0.25) is 5.91 Å². The summed E-state index contributed by atoms with van der Waals surface area (Å²) in [6.45, 7) is 3.68. The van der Waals surface area contributed by atoms with Crippen LogP contribution in [0.3, 0.4) is 0 Å². The maximum atomic E-state index is 11.7. The van der Waals surface area contributed by atoms with Gasteiger partial charge in [-0.15, -0.1) is 0 Å². The Bertz CT molecular complexity index is 215. The molecule has 15 heavy (non-hydrogen) atoms. The van der Waals surface area contributed by atoms with Crippen molar-refractivity contribution in [2.45, 2.75) is 51.2 Å². The molecular formula is C11H22N2O2. The fourth-order valence-corrected chi connectivity index (χ4v) is 1.83. The van der Waals surface area contributed by atoms with E-state index in [0.29, 0.717) is 6.54 Å². The second kappa shape index (κ2) is 4.94. The number of hydrogen-bond donors (Lipinski definition) is 3. The summed E-state index contributed by atoms with van der Waals surface area (Å²) in [6, 6.07) is 0.267. The molecule has 1 fully saturated rings. The van der Waals surface area contributed by atoms with Crippen molar-refractivity contribution in [2.75, 3.05) is 6.54 Å². The first-order valence-corrected chi connectivity index (χ1v) is 5.64. The molecule has 0 spiro atoms. The van der Waals surface area contributed by atoms with E-state index in [4.69, 9.17) is 5.73 Å². The van der Waals surface area contributed by atoms with Crippen LogP contribution in [0, 0.1) is 5.92 Å². The molecule has 4 nitrogen and oxygen atoms in total. The Hall–Kier alpha value is -0.610. The van der Waals surface area contributed by atoms with E-state index in [1.54, 1.807) is 13.8 Å². The predicted molar refractivity (Wildman–Crippen MR) is 59.2 cm³/mol. The number of rotatable bonds is 3. The minimum atomic E-state index is -0.833. The quantitative estimate of drug-likeness (QED) is 0.636. The Morgan fingerprint density at radius 1 is 1.40 bits per heavy atom. The van der Waals surface area contributed by atoms with Crippen LogP contribution in [-0.4, -0.2) is 29.2 Å². The molecular weight excluding hydrogens is 192 g/mol. The second-order valence-corrected chi connectivity index (χ2v) is 5.14. The van der Waals surface area contributed by atoms with Crippen molar-refractivity contribution >= 4 is 5.91 Å². The summed E-state index contributed by atoms with van der Waals surface area (Å²) >= 11 is 0. The van der Waals surface area contributed by atoms with E-state index in [9.17, 15) is 9.90 Å². The summed E-state index contributed by atoms with van der Waals surface area (Å²) in [6.07, 6.45) is 3.61. The van der Waals surface area contributed by atoms with Crippen LogP contribution >= 0.6 is 0 Å². The highest BCUT2D eigenvalue weighted by Crippen LogP contribution is 2.23. The van der Waals surface area contributed by atoms with Crippen LogP contribution in [0.5, 0.6) is 0 Å². The average Bonchev–Trinajstić information content (AvgIpc) is 2.14. The van der Waals surface area contributed by atoms with Crippen molar-refractivity contribution in [1.82, 2.24) is 5.32 Å². The van der Waals surface area contributed by atoms with Crippen LogP contribution in [0.25, 0.3) is 0 Å². The largest absolute Gasteiger partial charge is 0.389 e. The molecule has 0 unspecified atom stereocenters. The summed E-state index contributed by atoms with van der Waals surface area (Å²) in [5, 5.41) is 12.2. The SMILES string of the molecule is CC(C)(O)CNC(=O)C1CCC(N)CC1. The lowest BCUT2D eigenvalue weighted by atomic mass is 9.86. The first kappa shape index (κ1) is 12.5. The van der Waals surface area contributed by atoms with Gasteiger partial charge in [-0.3, -0.25) is 4.79 Å². The van der Waals surface area contributed by atoms with Gasteiger partial charge >= 0.3 is 0 Å². The van der Waals surface area contributed by atoms with Gasteiger partial charge in [-0.2, -0.15) is 0 Å². The first-order chi connectivity index (χ1) is 6.88. The van der Waals surface area contributed by atoms with Gasteiger partial charge in [-0.05, 0) is 39.5 Å². The van der Waals surface area contributed by atoms with Gasteiger partial charge < -0.3 is 16.2 Å². The van der Waals surface area contributed by atoms with E-state index in [2.05, 4.69) is 5.32 Å². The maximum absolute atomic E-state index is 11.7. The Morgan fingerprint density at radius 3 is 2.40 bits per heavy atom. The number of carbonyl (C=O) groups excluding carboxylic acids is 1. The summed E-state index contributed by atoms with van der Waals surface area (Å²) in [4.78, 5) is 11.7. The van der Waals surface area contributed by atoms with Crippen LogP contribution in [-0.2, 0) is 4.79 Å². The van der Waals surface area contributed by atoms with E-state index in [-0.39, 0.29) is 17.9 Å². The summed E-state index contributed by atoms with van der Waals surface area (Å²) in [7, 11) is 0. The number of aliphatic hydroxyl groups is 1. The number of carbonyl (C=O) groups is 1. The van der Waals surface area contributed by atoms with E-state index >= 15 is 0 Å².